The van der Waals surface area contributed by atoms with E-state index in [-0.39, 0.29) is 11.3 Å². The molecule has 84 valence electrons. The van der Waals surface area contributed by atoms with Crippen LogP contribution in [0.25, 0.3) is 0 Å². The Morgan fingerprint density at radius 3 is 3.00 bits per heavy atom. The van der Waals surface area contributed by atoms with Crippen LogP contribution in [-0.4, -0.2) is 30.4 Å². The molecule has 1 saturated heterocycles. The van der Waals surface area contributed by atoms with Gasteiger partial charge in [-0.15, -0.1) is 0 Å². The SMILES string of the molecule is CCN1CC[C@]2(C1)C(=O)Nc1ccccc12. The van der Waals surface area contributed by atoms with E-state index in [2.05, 4.69) is 23.2 Å². The molecule has 0 aliphatic carbocycles. The highest BCUT2D eigenvalue weighted by molar-refractivity contribution is 6.06. The standard InChI is InChI=1S/C13H16N2O/c1-2-15-8-7-13(9-15)10-5-3-4-6-11(10)14-12(13)16/h3-6H,2,7-9H2,1H3,(H,14,16)/t13-/m1/s1. The van der Waals surface area contributed by atoms with Gasteiger partial charge in [0, 0.05) is 12.2 Å². The zero-order chi connectivity index (χ0) is 11.2. The average molecular weight is 216 g/mol. The summed E-state index contributed by atoms with van der Waals surface area (Å²) in [6.45, 7) is 5.07. The van der Waals surface area contributed by atoms with Crippen LogP contribution < -0.4 is 5.32 Å². The molecule has 0 radical (unpaired) electrons. The van der Waals surface area contributed by atoms with Crippen LogP contribution >= 0.6 is 0 Å². The molecule has 16 heavy (non-hydrogen) atoms. The first-order valence-electron chi connectivity index (χ1n) is 5.89. The van der Waals surface area contributed by atoms with Crippen LogP contribution in [0.15, 0.2) is 24.3 Å². The van der Waals surface area contributed by atoms with Crippen LogP contribution in [0, 0.1) is 0 Å². The second-order valence-corrected chi connectivity index (χ2v) is 4.70. The van der Waals surface area contributed by atoms with Gasteiger partial charge < -0.3 is 10.2 Å². The summed E-state index contributed by atoms with van der Waals surface area (Å²) in [5.74, 6) is 0.185. The molecule has 3 rings (SSSR count). The molecule has 0 unspecified atom stereocenters. The van der Waals surface area contributed by atoms with Crippen molar-refractivity contribution in [3.8, 4) is 0 Å². The lowest BCUT2D eigenvalue weighted by Gasteiger charge is -2.21. The molecule has 1 fully saturated rings. The normalized spacial score (nSPS) is 28.4. The molecule has 1 spiro atoms. The molecule has 2 aliphatic heterocycles. The van der Waals surface area contributed by atoms with Crippen molar-refractivity contribution in [2.24, 2.45) is 0 Å². The van der Waals surface area contributed by atoms with Crippen molar-refractivity contribution < 1.29 is 4.79 Å². The number of nitrogens with zero attached hydrogens (tertiary/aromatic N) is 1. The zero-order valence-corrected chi connectivity index (χ0v) is 9.49. The minimum Gasteiger partial charge on any atom is -0.325 e. The predicted octanol–water partition coefficient (Wildman–Crippen LogP) is 1.60. The number of carbonyl (C=O) groups is 1. The van der Waals surface area contributed by atoms with E-state index in [0.717, 1.165) is 31.7 Å². The highest BCUT2D eigenvalue weighted by Crippen LogP contribution is 2.43. The summed E-state index contributed by atoms with van der Waals surface area (Å²) in [7, 11) is 0. The number of hydrogen-bond acceptors (Lipinski definition) is 2. The maximum atomic E-state index is 12.2. The van der Waals surface area contributed by atoms with Gasteiger partial charge in [-0.3, -0.25) is 4.79 Å². The second kappa shape index (κ2) is 3.32. The maximum absolute atomic E-state index is 12.2. The summed E-state index contributed by atoms with van der Waals surface area (Å²) < 4.78 is 0. The first kappa shape index (κ1) is 9.85. The van der Waals surface area contributed by atoms with Crippen molar-refractivity contribution in [2.45, 2.75) is 18.8 Å². The van der Waals surface area contributed by atoms with Crippen molar-refractivity contribution >= 4 is 11.6 Å². The zero-order valence-electron chi connectivity index (χ0n) is 9.49. The number of likely N-dealkylation sites (tertiary alicyclic amines) is 1. The second-order valence-electron chi connectivity index (χ2n) is 4.70. The van der Waals surface area contributed by atoms with Gasteiger partial charge in [0.05, 0.1) is 5.41 Å². The van der Waals surface area contributed by atoms with Crippen LogP contribution in [0.4, 0.5) is 5.69 Å². The Balaban J connectivity index is 2.05. The van der Waals surface area contributed by atoms with E-state index < -0.39 is 0 Å². The van der Waals surface area contributed by atoms with Crippen LogP contribution in [-0.2, 0) is 10.2 Å². The predicted molar refractivity (Wildman–Crippen MR) is 63.5 cm³/mol. The Kier molecular flexibility index (Phi) is 2.04. The topological polar surface area (TPSA) is 32.3 Å². The number of hydrogen-bond donors (Lipinski definition) is 1. The van der Waals surface area contributed by atoms with Crippen molar-refractivity contribution in [2.75, 3.05) is 25.0 Å². The Morgan fingerprint density at radius 2 is 2.25 bits per heavy atom. The van der Waals surface area contributed by atoms with E-state index >= 15 is 0 Å². The van der Waals surface area contributed by atoms with E-state index in [1.807, 2.05) is 18.2 Å². The number of benzene rings is 1. The number of nitrogens with one attached hydrogen (secondary N) is 1. The summed E-state index contributed by atoms with van der Waals surface area (Å²) in [6.07, 6.45) is 0.948. The van der Waals surface area contributed by atoms with Crippen molar-refractivity contribution in [3.05, 3.63) is 29.8 Å². The van der Waals surface area contributed by atoms with Crippen LogP contribution in [0.3, 0.4) is 0 Å². The molecule has 2 heterocycles. The quantitative estimate of drug-likeness (QED) is 0.773. The van der Waals surface area contributed by atoms with Gasteiger partial charge in [0.25, 0.3) is 0 Å². The molecule has 0 saturated carbocycles. The third-order valence-electron chi connectivity index (χ3n) is 3.92. The first-order valence-corrected chi connectivity index (χ1v) is 5.89. The Labute approximate surface area is 95.4 Å². The lowest BCUT2D eigenvalue weighted by Crippen LogP contribution is -2.37. The Bertz CT molecular complexity index is 443. The molecular formula is C13H16N2O. The summed E-state index contributed by atoms with van der Waals surface area (Å²) in [5.41, 5.74) is 1.92. The minimum atomic E-state index is -0.271. The highest BCUT2D eigenvalue weighted by Gasteiger charge is 2.50. The summed E-state index contributed by atoms with van der Waals surface area (Å²) in [4.78, 5) is 14.5. The third-order valence-corrected chi connectivity index (χ3v) is 3.92. The van der Waals surface area contributed by atoms with Gasteiger partial charge >= 0.3 is 0 Å². The molecule has 1 aromatic rings. The monoisotopic (exact) mass is 216 g/mol. The lowest BCUT2D eigenvalue weighted by atomic mass is 9.81. The number of anilines is 1. The number of amides is 1. The Morgan fingerprint density at radius 1 is 1.44 bits per heavy atom. The van der Waals surface area contributed by atoms with Gasteiger partial charge in [-0.25, -0.2) is 0 Å². The summed E-state index contributed by atoms with van der Waals surface area (Å²) in [5, 5.41) is 3.01. The van der Waals surface area contributed by atoms with Gasteiger partial charge in [0.1, 0.15) is 0 Å². The molecule has 3 nitrogen and oxygen atoms in total. The van der Waals surface area contributed by atoms with Crippen LogP contribution in [0.2, 0.25) is 0 Å². The third kappa shape index (κ3) is 1.15. The fourth-order valence-electron chi connectivity index (χ4n) is 2.94. The molecular weight excluding hydrogens is 200 g/mol. The lowest BCUT2D eigenvalue weighted by molar-refractivity contribution is -0.120. The molecule has 1 N–H and O–H groups in total. The fourth-order valence-corrected chi connectivity index (χ4v) is 2.94. The van der Waals surface area contributed by atoms with Gasteiger partial charge in [-0.1, -0.05) is 25.1 Å². The number of fused-ring (bicyclic) bond motifs is 2. The number of carbonyl (C=O) groups excluding carboxylic acids is 1. The van der Waals surface area contributed by atoms with E-state index in [4.69, 9.17) is 0 Å². The van der Waals surface area contributed by atoms with Crippen molar-refractivity contribution in [1.82, 2.24) is 4.90 Å². The van der Waals surface area contributed by atoms with Crippen LogP contribution in [0.1, 0.15) is 18.9 Å². The van der Waals surface area contributed by atoms with Gasteiger partial charge in [0.2, 0.25) is 5.91 Å². The van der Waals surface area contributed by atoms with E-state index in [0.29, 0.717) is 0 Å². The molecule has 2 aliphatic rings. The maximum Gasteiger partial charge on any atom is 0.236 e. The fraction of sp³-hybridized carbons (Fsp3) is 0.462. The number of para-hydroxylation sites is 1. The molecule has 1 amide bonds. The molecule has 1 atom stereocenters. The Hall–Kier alpha value is -1.35. The van der Waals surface area contributed by atoms with Crippen LogP contribution in [0.5, 0.6) is 0 Å². The molecule has 0 aromatic heterocycles. The molecule has 3 heteroatoms. The summed E-state index contributed by atoms with van der Waals surface area (Å²) >= 11 is 0. The average Bonchev–Trinajstić information content (AvgIpc) is 2.85. The highest BCUT2D eigenvalue weighted by atomic mass is 16.2. The van der Waals surface area contributed by atoms with E-state index in [1.54, 1.807) is 0 Å². The molecule has 0 bridgehead atoms. The van der Waals surface area contributed by atoms with Crippen molar-refractivity contribution in [1.29, 1.82) is 0 Å². The van der Waals surface area contributed by atoms with Crippen molar-refractivity contribution in [3.63, 3.8) is 0 Å². The summed E-state index contributed by atoms with van der Waals surface area (Å²) in [6, 6.07) is 8.09. The first-order chi connectivity index (χ1) is 7.76. The smallest absolute Gasteiger partial charge is 0.236 e. The minimum absolute atomic E-state index is 0.185. The van der Waals surface area contributed by atoms with E-state index in [1.165, 1.54) is 5.56 Å². The van der Waals surface area contributed by atoms with E-state index in [9.17, 15) is 4.79 Å². The largest absolute Gasteiger partial charge is 0.325 e. The molecule has 1 aromatic carbocycles. The van der Waals surface area contributed by atoms with Gasteiger partial charge in [-0.05, 0) is 31.1 Å². The van der Waals surface area contributed by atoms with Gasteiger partial charge in [-0.2, -0.15) is 0 Å². The number of rotatable bonds is 1. The van der Waals surface area contributed by atoms with Gasteiger partial charge in [0.15, 0.2) is 0 Å². The number of likely N-dealkylation sites (N-methyl/N-ethyl adjacent to an activating group) is 1.